The number of piperidine rings is 1. The maximum absolute atomic E-state index is 12.2. The summed E-state index contributed by atoms with van der Waals surface area (Å²) in [6.45, 7) is 4.64. The molecule has 3 rings (SSSR count). The van der Waals surface area contributed by atoms with E-state index in [0.29, 0.717) is 50.3 Å². The number of benzene rings is 1. The van der Waals surface area contributed by atoms with Crippen molar-refractivity contribution < 1.29 is 23.8 Å². The Hall–Kier alpha value is -1.80. The molecule has 1 aromatic carbocycles. The Kier molecular flexibility index (Phi) is 7.13. The van der Waals surface area contributed by atoms with E-state index in [1.807, 2.05) is 0 Å². The van der Waals surface area contributed by atoms with Gasteiger partial charge in [0, 0.05) is 0 Å². The Morgan fingerprint density at radius 3 is 2.12 bits per heavy atom. The normalized spacial score (nSPS) is 17.8. The van der Waals surface area contributed by atoms with Crippen LogP contribution in [0, 0.1) is 0 Å². The van der Waals surface area contributed by atoms with Gasteiger partial charge in [-0.15, -0.1) is 0 Å². The number of carbonyl (C=O) groups excluding carboxylic acids is 2. The van der Waals surface area contributed by atoms with E-state index in [-0.39, 0.29) is 18.4 Å². The molecule has 7 heteroatoms. The third-order valence-corrected chi connectivity index (χ3v) is 4.58. The molecule has 2 amide bonds. The lowest BCUT2D eigenvalue weighted by Crippen LogP contribution is -2.33. The first-order valence-electron chi connectivity index (χ1n) is 9.20. The summed E-state index contributed by atoms with van der Waals surface area (Å²) < 4.78 is 16.7. The maximum atomic E-state index is 12.2. The van der Waals surface area contributed by atoms with Gasteiger partial charge in [0.05, 0.1) is 56.8 Å². The zero-order valence-corrected chi connectivity index (χ0v) is 14.9. The van der Waals surface area contributed by atoms with E-state index < -0.39 is 0 Å². The van der Waals surface area contributed by atoms with Crippen LogP contribution < -0.4 is 5.32 Å². The van der Waals surface area contributed by atoms with Crippen LogP contribution >= 0.6 is 0 Å². The van der Waals surface area contributed by atoms with Gasteiger partial charge in [0.1, 0.15) is 0 Å². The Labute approximate surface area is 153 Å². The number of nitrogens with zero attached hydrogens (tertiary/aromatic N) is 1. The molecule has 1 aromatic rings. The fourth-order valence-electron chi connectivity index (χ4n) is 3.16. The summed E-state index contributed by atoms with van der Waals surface area (Å²) in [4.78, 5) is 25.6. The van der Waals surface area contributed by atoms with Crippen molar-refractivity contribution in [2.75, 3.05) is 52.7 Å². The third kappa shape index (κ3) is 4.88. The molecule has 0 unspecified atom stereocenters. The van der Waals surface area contributed by atoms with Crippen molar-refractivity contribution in [3.8, 4) is 0 Å². The average molecular weight is 362 g/mol. The van der Waals surface area contributed by atoms with Crippen molar-refractivity contribution >= 4 is 11.8 Å². The summed E-state index contributed by atoms with van der Waals surface area (Å²) in [7, 11) is 0. The fraction of sp³-hybridized carbons (Fsp3) is 0.579. The van der Waals surface area contributed by atoms with E-state index in [0.717, 1.165) is 25.9 Å². The van der Waals surface area contributed by atoms with E-state index in [4.69, 9.17) is 14.2 Å². The van der Waals surface area contributed by atoms with Gasteiger partial charge in [-0.3, -0.25) is 14.5 Å². The second-order valence-electron chi connectivity index (χ2n) is 6.35. The molecule has 142 valence electrons. The van der Waals surface area contributed by atoms with Gasteiger partial charge in [-0.1, -0.05) is 12.1 Å². The van der Waals surface area contributed by atoms with E-state index >= 15 is 0 Å². The standard InChI is InChI=1S/C19H26N2O5/c22-18-16-3-1-2-4-17(16)19(23)21(18)9-10-24-11-12-25-13-14-26-15-5-7-20-8-6-15/h1-4,15,20H,5-14H2. The van der Waals surface area contributed by atoms with Gasteiger partial charge in [0.25, 0.3) is 11.8 Å². The molecule has 0 radical (unpaired) electrons. The number of ether oxygens (including phenoxy) is 3. The number of nitrogens with one attached hydrogen (secondary N) is 1. The molecule has 0 bridgehead atoms. The first-order chi connectivity index (χ1) is 12.8. The molecular formula is C19H26N2O5. The number of rotatable bonds is 10. The van der Waals surface area contributed by atoms with Crippen LogP contribution in [0.1, 0.15) is 33.6 Å². The number of hydrogen-bond acceptors (Lipinski definition) is 6. The van der Waals surface area contributed by atoms with Crippen molar-refractivity contribution in [1.82, 2.24) is 10.2 Å². The van der Waals surface area contributed by atoms with Gasteiger partial charge >= 0.3 is 0 Å². The number of hydrogen-bond donors (Lipinski definition) is 1. The van der Waals surface area contributed by atoms with Crippen LogP contribution in [0.3, 0.4) is 0 Å². The molecule has 2 aliphatic heterocycles. The van der Waals surface area contributed by atoms with Gasteiger partial charge in [0.2, 0.25) is 0 Å². The molecule has 0 spiro atoms. The monoisotopic (exact) mass is 362 g/mol. The van der Waals surface area contributed by atoms with E-state index in [2.05, 4.69) is 5.32 Å². The second-order valence-corrected chi connectivity index (χ2v) is 6.35. The SMILES string of the molecule is O=C1c2ccccc2C(=O)N1CCOCCOCCOC1CCNCC1. The highest BCUT2D eigenvalue weighted by Gasteiger charge is 2.34. The van der Waals surface area contributed by atoms with Crippen LogP contribution in [0.4, 0.5) is 0 Å². The Bertz CT molecular complexity index is 581. The van der Waals surface area contributed by atoms with Crippen LogP contribution in [0.15, 0.2) is 24.3 Å². The van der Waals surface area contributed by atoms with Crippen molar-refractivity contribution in [2.45, 2.75) is 18.9 Å². The van der Waals surface area contributed by atoms with Crippen LogP contribution in [0.2, 0.25) is 0 Å². The molecule has 26 heavy (non-hydrogen) atoms. The van der Waals surface area contributed by atoms with Gasteiger partial charge in [0.15, 0.2) is 0 Å². The van der Waals surface area contributed by atoms with Crippen molar-refractivity contribution in [3.63, 3.8) is 0 Å². The minimum atomic E-state index is -0.250. The molecular weight excluding hydrogens is 336 g/mol. The lowest BCUT2D eigenvalue weighted by atomic mass is 10.1. The van der Waals surface area contributed by atoms with Gasteiger partial charge in [-0.05, 0) is 38.1 Å². The number of carbonyl (C=O) groups is 2. The van der Waals surface area contributed by atoms with Gasteiger partial charge in [-0.2, -0.15) is 0 Å². The predicted octanol–water partition coefficient (Wildman–Crippen LogP) is 1.08. The maximum Gasteiger partial charge on any atom is 0.261 e. The number of imide groups is 1. The summed E-state index contributed by atoms with van der Waals surface area (Å²) in [5.41, 5.74) is 0.934. The molecule has 0 saturated carbocycles. The molecule has 2 aliphatic rings. The van der Waals surface area contributed by atoms with Crippen molar-refractivity contribution in [1.29, 1.82) is 0 Å². The van der Waals surface area contributed by atoms with E-state index in [9.17, 15) is 9.59 Å². The summed E-state index contributed by atoms with van der Waals surface area (Å²) in [5.74, 6) is -0.499. The van der Waals surface area contributed by atoms with Crippen molar-refractivity contribution in [2.24, 2.45) is 0 Å². The summed E-state index contributed by atoms with van der Waals surface area (Å²) >= 11 is 0. The van der Waals surface area contributed by atoms with Gasteiger partial charge < -0.3 is 19.5 Å². The lowest BCUT2D eigenvalue weighted by molar-refractivity contribution is -0.0204. The zero-order valence-electron chi connectivity index (χ0n) is 14.9. The quantitative estimate of drug-likeness (QED) is 0.496. The second kappa shape index (κ2) is 9.78. The molecule has 1 saturated heterocycles. The molecule has 2 heterocycles. The number of amides is 2. The highest BCUT2D eigenvalue weighted by Crippen LogP contribution is 2.21. The minimum absolute atomic E-state index is 0.250. The predicted molar refractivity (Wildman–Crippen MR) is 95.3 cm³/mol. The summed E-state index contributed by atoms with van der Waals surface area (Å²) in [6, 6.07) is 6.87. The Morgan fingerprint density at radius 2 is 1.46 bits per heavy atom. The molecule has 0 atom stereocenters. The first kappa shape index (κ1) is 19.0. The third-order valence-electron chi connectivity index (χ3n) is 4.58. The highest BCUT2D eigenvalue weighted by atomic mass is 16.5. The molecule has 1 fully saturated rings. The molecule has 7 nitrogen and oxygen atoms in total. The smallest absolute Gasteiger partial charge is 0.261 e. The molecule has 0 aromatic heterocycles. The van der Waals surface area contributed by atoms with Crippen LogP contribution in [0.25, 0.3) is 0 Å². The van der Waals surface area contributed by atoms with Crippen LogP contribution in [-0.4, -0.2) is 75.5 Å². The largest absolute Gasteiger partial charge is 0.377 e. The van der Waals surface area contributed by atoms with Gasteiger partial charge in [-0.25, -0.2) is 0 Å². The summed E-state index contributed by atoms with van der Waals surface area (Å²) in [5, 5.41) is 3.30. The Balaban J connectivity index is 1.22. The zero-order chi connectivity index (χ0) is 18.2. The van der Waals surface area contributed by atoms with Crippen LogP contribution in [-0.2, 0) is 14.2 Å². The highest BCUT2D eigenvalue weighted by molar-refractivity contribution is 6.21. The van der Waals surface area contributed by atoms with E-state index in [1.165, 1.54) is 4.90 Å². The Morgan fingerprint density at radius 1 is 0.885 bits per heavy atom. The average Bonchev–Trinajstić information content (AvgIpc) is 2.92. The summed E-state index contributed by atoms with van der Waals surface area (Å²) in [6.07, 6.45) is 2.46. The van der Waals surface area contributed by atoms with E-state index in [1.54, 1.807) is 24.3 Å². The number of fused-ring (bicyclic) bond motifs is 1. The van der Waals surface area contributed by atoms with Crippen LogP contribution in [0.5, 0.6) is 0 Å². The van der Waals surface area contributed by atoms with Crippen molar-refractivity contribution in [3.05, 3.63) is 35.4 Å². The molecule has 1 N–H and O–H groups in total. The first-order valence-corrected chi connectivity index (χ1v) is 9.20. The molecule has 0 aliphatic carbocycles. The fourth-order valence-corrected chi connectivity index (χ4v) is 3.16. The minimum Gasteiger partial charge on any atom is -0.377 e. The lowest BCUT2D eigenvalue weighted by Gasteiger charge is -2.22. The topological polar surface area (TPSA) is 77.1 Å².